The second-order valence-electron chi connectivity index (χ2n) is 3.94. The zero-order valence-electron chi connectivity index (χ0n) is 9.23. The van der Waals surface area contributed by atoms with E-state index in [0.29, 0.717) is 0 Å². The predicted octanol–water partition coefficient (Wildman–Crippen LogP) is 4.78. The van der Waals surface area contributed by atoms with Crippen molar-refractivity contribution in [1.82, 2.24) is 0 Å². The highest BCUT2D eigenvalue weighted by molar-refractivity contribution is 4.67. The van der Waals surface area contributed by atoms with Crippen molar-refractivity contribution in [3.05, 3.63) is 0 Å². The van der Waals surface area contributed by atoms with Gasteiger partial charge in [-0.05, 0) is 5.92 Å². The third-order valence-corrected chi connectivity index (χ3v) is 2.63. The minimum Gasteiger partial charge on any atom is -0.0654 e. The summed E-state index contributed by atoms with van der Waals surface area (Å²) < 4.78 is 0. The summed E-state index contributed by atoms with van der Waals surface area (Å²) in [6.45, 7) is 6.70. The summed E-state index contributed by atoms with van der Waals surface area (Å²) in [6.07, 6.45) is 11.5. The molecule has 0 amide bonds. The quantitative estimate of drug-likeness (QED) is 0.569. The highest BCUT2D eigenvalue weighted by atomic mass is 14.2. The van der Waals surface area contributed by atoms with Crippen molar-refractivity contribution in [3.63, 3.8) is 0 Å². The number of rotatable bonds is 4. The van der Waals surface area contributed by atoms with Crippen LogP contribution in [-0.4, -0.2) is 0 Å². The number of hydrogen-bond acceptors (Lipinski definition) is 0. The molecule has 1 saturated carbocycles. The third kappa shape index (κ3) is 6.69. The highest BCUT2D eigenvalue weighted by Crippen LogP contribution is 2.29. The van der Waals surface area contributed by atoms with Crippen molar-refractivity contribution >= 4 is 0 Å². The van der Waals surface area contributed by atoms with Crippen LogP contribution in [0.5, 0.6) is 0 Å². The van der Waals surface area contributed by atoms with Gasteiger partial charge in [-0.3, -0.25) is 0 Å². The van der Waals surface area contributed by atoms with Crippen molar-refractivity contribution in [3.8, 4) is 0 Å². The van der Waals surface area contributed by atoms with E-state index in [1.807, 2.05) is 0 Å². The van der Waals surface area contributed by atoms with E-state index in [9.17, 15) is 0 Å². The van der Waals surface area contributed by atoms with Crippen molar-refractivity contribution in [2.24, 2.45) is 5.92 Å². The minimum absolute atomic E-state index is 1.13. The van der Waals surface area contributed by atoms with Crippen LogP contribution in [0.25, 0.3) is 0 Å². The normalized spacial score (nSPS) is 16.2. The molecule has 0 aromatic rings. The second kappa shape index (κ2) is 9.09. The minimum atomic E-state index is 1.13. The lowest BCUT2D eigenvalue weighted by Gasteiger charge is -2.24. The molecule has 0 aromatic carbocycles. The highest BCUT2D eigenvalue weighted by Gasteiger charge is 2.14. The largest absolute Gasteiger partial charge is 0.0654 e. The lowest BCUT2D eigenvalue weighted by Crippen LogP contribution is -2.09. The van der Waals surface area contributed by atoms with Gasteiger partial charge in [0.1, 0.15) is 0 Å². The molecule has 0 N–H and O–H groups in total. The monoisotopic (exact) mass is 170 g/mol. The van der Waals surface area contributed by atoms with Crippen LogP contribution in [0.3, 0.4) is 0 Å². The van der Waals surface area contributed by atoms with Crippen LogP contribution in [0, 0.1) is 5.92 Å². The van der Waals surface area contributed by atoms with Gasteiger partial charge in [0, 0.05) is 0 Å². The standard InChI is InChI=1S/C7H14.C5H12/c1-2-4-7-5-3-6-7;1-3-5-4-2/h7H,2-6H2,1H3;3-5H2,1-2H3. The van der Waals surface area contributed by atoms with Gasteiger partial charge in [0.25, 0.3) is 0 Å². The second-order valence-corrected chi connectivity index (χ2v) is 3.94. The molecule has 0 aromatic heterocycles. The average Bonchev–Trinajstić information content (AvgIpc) is 2.00. The lowest BCUT2D eigenvalue weighted by atomic mass is 9.82. The van der Waals surface area contributed by atoms with Crippen molar-refractivity contribution < 1.29 is 0 Å². The summed E-state index contributed by atoms with van der Waals surface area (Å²) in [5.41, 5.74) is 0. The molecule has 74 valence electrons. The summed E-state index contributed by atoms with van der Waals surface area (Å²) >= 11 is 0. The molecule has 12 heavy (non-hydrogen) atoms. The molecule has 0 spiro atoms. The maximum Gasteiger partial charge on any atom is -0.0414 e. The van der Waals surface area contributed by atoms with Gasteiger partial charge in [-0.1, -0.05) is 72.1 Å². The summed E-state index contributed by atoms with van der Waals surface area (Å²) in [5.74, 6) is 1.13. The predicted molar refractivity (Wildman–Crippen MR) is 57.4 cm³/mol. The van der Waals surface area contributed by atoms with E-state index in [4.69, 9.17) is 0 Å². The Balaban J connectivity index is 0.000000217. The van der Waals surface area contributed by atoms with E-state index in [-0.39, 0.29) is 0 Å². The Labute approximate surface area is 78.8 Å². The molecule has 0 heteroatoms. The van der Waals surface area contributed by atoms with Crippen LogP contribution in [-0.2, 0) is 0 Å². The van der Waals surface area contributed by atoms with Gasteiger partial charge in [0.15, 0.2) is 0 Å². The van der Waals surface area contributed by atoms with E-state index < -0.39 is 0 Å². The maximum atomic E-state index is 2.28. The summed E-state index contributed by atoms with van der Waals surface area (Å²) in [4.78, 5) is 0. The summed E-state index contributed by atoms with van der Waals surface area (Å²) in [6, 6.07) is 0. The molecular formula is C12H26. The van der Waals surface area contributed by atoms with E-state index in [1.54, 1.807) is 0 Å². The summed E-state index contributed by atoms with van der Waals surface area (Å²) in [7, 11) is 0. The van der Waals surface area contributed by atoms with E-state index >= 15 is 0 Å². The van der Waals surface area contributed by atoms with Crippen LogP contribution >= 0.6 is 0 Å². The van der Waals surface area contributed by atoms with Crippen LogP contribution in [0.4, 0.5) is 0 Å². The number of hydrogen-bond donors (Lipinski definition) is 0. The third-order valence-electron chi connectivity index (χ3n) is 2.63. The molecule has 1 aliphatic carbocycles. The van der Waals surface area contributed by atoms with E-state index in [0.717, 1.165) is 5.92 Å². The first-order chi connectivity index (χ1) is 5.85. The molecular weight excluding hydrogens is 144 g/mol. The van der Waals surface area contributed by atoms with Crippen LogP contribution < -0.4 is 0 Å². The fourth-order valence-electron chi connectivity index (χ4n) is 1.54. The Hall–Kier alpha value is 0. The first-order valence-electron chi connectivity index (χ1n) is 5.85. The van der Waals surface area contributed by atoms with Crippen LogP contribution in [0.2, 0.25) is 0 Å². The molecule has 1 rings (SSSR count). The van der Waals surface area contributed by atoms with Gasteiger partial charge in [-0.2, -0.15) is 0 Å². The zero-order chi connectivity index (χ0) is 9.23. The van der Waals surface area contributed by atoms with E-state index in [1.165, 1.54) is 51.4 Å². The first kappa shape index (κ1) is 12.0. The number of unbranched alkanes of at least 4 members (excludes halogenated alkanes) is 2. The first-order valence-corrected chi connectivity index (χ1v) is 5.85. The smallest absolute Gasteiger partial charge is 0.0414 e. The molecule has 0 saturated heterocycles. The van der Waals surface area contributed by atoms with Gasteiger partial charge in [-0.15, -0.1) is 0 Å². The molecule has 1 fully saturated rings. The van der Waals surface area contributed by atoms with Crippen molar-refractivity contribution in [2.75, 3.05) is 0 Å². The van der Waals surface area contributed by atoms with Crippen molar-refractivity contribution in [2.45, 2.75) is 72.1 Å². The Morgan fingerprint density at radius 3 is 1.58 bits per heavy atom. The topological polar surface area (TPSA) is 0 Å². The van der Waals surface area contributed by atoms with E-state index in [2.05, 4.69) is 20.8 Å². The van der Waals surface area contributed by atoms with Crippen molar-refractivity contribution in [1.29, 1.82) is 0 Å². The Morgan fingerprint density at radius 2 is 1.50 bits per heavy atom. The molecule has 0 atom stereocenters. The molecule has 0 unspecified atom stereocenters. The Kier molecular flexibility index (Phi) is 9.09. The maximum absolute atomic E-state index is 2.28. The lowest BCUT2D eigenvalue weighted by molar-refractivity contribution is 0.294. The van der Waals surface area contributed by atoms with Gasteiger partial charge < -0.3 is 0 Å². The SMILES string of the molecule is CCCC1CCC1.CCCCC. The fourth-order valence-corrected chi connectivity index (χ4v) is 1.54. The van der Waals surface area contributed by atoms with Gasteiger partial charge in [0.05, 0.1) is 0 Å². The van der Waals surface area contributed by atoms with Gasteiger partial charge >= 0.3 is 0 Å². The average molecular weight is 170 g/mol. The van der Waals surface area contributed by atoms with Gasteiger partial charge in [-0.25, -0.2) is 0 Å². The molecule has 0 aliphatic heterocycles. The molecule has 0 bridgehead atoms. The van der Waals surface area contributed by atoms with Gasteiger partial charge in [0.2, 0.25) is 0 Å². The summed E-state index contributed by atoms with van der Waals surface area (Å²) in [5, 5.41) is 0. The van der Waals surface area contributed by atoms with Crippen LogP contribution in [0.1, 0.15) is 72.1 Å². The van der Waals surface area contributed by atoms with Crippen LogP contribution in [0.15, 0.2) is 0 Å². The molecule has 0 nitrogen and oxygen atoms in total. The Morgan fingerprint density at radius 1 is 0.917 bits per heavy atom. The molecule has 1 aliphatic rings. The molecule has 0 radical (unpaired) electrons. The fraction of sp³-hybridized carbons (Fsp3) is 1.00. The zero-order valence-corrected chi connectivity index (χ0v) is 9.23. The molecule has 0 heterocycles. The Bertz CT molecular complexity index is 70.1.